The van der Waals surface area contributed by atoms with Crippen LogP contribution < -0.4 is 0 Å². The van der Waals surface area contributed by atoms with Crippen LogP contribution in [0.2, 0.25) is 0 Å². The molecule has 0 atom stereocenters. The Labute approximate surface area is 195 Å². The molecule has 6 rings (SSSR count). The average Bonchev–Trinajstić information content (AvgIpc) is 3.25. The van der Waals surface area contributed by atoms with Crippen molar-refractivity contribution in [3.05, 3.63) is 132 Å². The van der Waals surface area contributed by atoms with Crippen molar-refractivity contribution in [1.82, 2.24) is 9.80 Å². The van der Waals surface area contributed by atoms with Crippen molar-refractivity contribution in [2.24, 2.45) is 0 Å². The van der Waals surface area contributed by atoms with Crippen LogP contribution in [0.15, 0.2) is 115 Å². The molecule has 5 aromatic rings. The Morgan fingerprint density at radius 1 is 0.515 bits per heavy atom. The first-order chi connectivity index (χ1) is 16.4. The smallest absolute Gasteiger partial charge is 0.0905 e. The summed E-state index contributed by atoms with van der Waals surface area (Å²) in [6.07, 6.45) is 0.224. The van der Waals surface area contributed by atoms with Gasteiger partial charge in [-0.1, -0.05) is 109 Å². The summed E-state index contributed by atoms with van der Waals surface area (Å²) in [7, 11) is 0. The first-order valence-electron chi connectivity index (χ1n) is 11.8. The molecule has 1 aliphatic rings. The third-order valence-electron chi connectivity index (χ3n) is 6.89. The summed E-state index contributed by atoms with van der Waals surface area (Å²) in [4.78, 5) is 5.32. The van der Waals surface area contributed by atoms with Crippen LogP contribution in [0.1, 0.15) is 22.9 Å². The monoisotopic (exact) mass is 428 g/mol. The number of rotatable bonds is 5. The summed E-state index contributed by atoms with van der Waals surface area (Å²) < 4.78 is 0. The first kappa shape index (κ1) is 20.2. The first-order valence-corrected chi connectivity index (χ1v) is 11.8. The predicted octanol–water partition coefficient (Wildman–Crippen LogP) is 7.01. The zero-order valence-electron chi connectivity index (χ0n) is 18.8. The molecule has 0 aliphatic carbocycles. The minimum absolute atomic E-state index is 0.224. The molecule has 0 saturated carbocycles. The Morgan fingerprint density at radius 3 is 1.42 bits per heavy atom. The standard InChI is InChI=1S/C31H28N2/c1-3-11-24(12-4-1)22-32-19-20-33(23-25-13-5-2-6-14-25)31(32)30-28-17-9-7-15-26(28)21-27-16-8-10-18-29(27)30/h1-18,21,31H,19-20,22-23H2. The lowest BCUT2D eigenvalue weighted by atomic mass is 9.94. The van der Waals surface area contributed by atoms with Crippen LogP contribution in [0.3, 0.4) is 0 Å². The number of benzene rings is 5. The van der Waals surface area contributed by atoms with E-state index in [4.69, 9.17) is 0 Å². The molecular formula is C31H28N2. The highest BCUT2D eigenvalue weighted by Gasteiger charge is 2.35. The summed E-state index contributed by atoms with van der Waals surface area (Å²) in [5, 5.41) is 5.35. The highest BCUT2D eigenvalue weighted by molar-refractivity contribution is 6.02. The lowest BCUT2D eigenvalue weighted by molar-refractivity contribution is 0.128. The van der Waals surface area contributed by atoms with Gasteiger partial charge in [0.05, 0.1) is 6.17 Å². The van der Waals surface area contributed by atoms with Crippen molar-refractivity contribution in [3.8, 4) is 0 Å². The van der Waals surface area contributed by atoms with E-state index in [1.165, 1.54) is 38.2 Å². The zero-order valence-corrected chi connectivity index (χ0v) is 18.8. The maximum Gasteiger partial charge on any atom is 0.0905 e. The highest BCUT2D eigenvalue weighted by Crippen LogP contribution is 2.40. The van der Waals surface area contributed by atoms with Gasteiger partial charge in [-0.3, -0.25) is 9.80 Å². The highest BCUT2D eigenvalue weighted by atomic mass is 15.4. The third-order valence-corrected chi connectivity index (χ3v) is 6.89. The fraction of sp³-hybridized carbons (Fsp3) is 0.161. The number of hydrogen-bond acceptors (Lipinski definition) is 2. The van der Waals surface area contributed by atoms with Gasteiger partial charge in [0.25, 0.3) is 0 Å². The normalized spacial score (nSPS) is 15.5. The lowest BCUT2D eigenvalue weighted by Gasteiger charge is -2.33. The summed E-state index contributed by atoms with van der Waals surface area (Å²) in [5.41, 5.74) is 4.18. The topological polar surface area (TPSA) is 6.48 Å². The summed E-state index contributed by atoms with van der Waals surface area (Å²) in [5.74, 6) is 0. The second kappa shape index (κ2) is 8.82. The summed E-state index contributed by atoms with van der Waals surface area (Å²) >= 11 is 0. The molecule has 33 heavy (non-hydrogen) atoms. The molecule has 0 unspecified atom stereocenters. The summed E-state index contributed by atoms with van der Waals surface area (Å²) in [6, 6.07) is 41.9. The van der Waals surface area contributed by atoms with Crippen molar-refractivity contribution in [2.75, 3.05) is 13.1 Å². The minimum atomic E-state index is 0.224. The van der Waals surface area contributed by atoms with Crippen LogP contribution in [0.25, 0.3) is 21.5 Å². The fourth-order valence-corrected chi connectivity index (χ4v) is 5.39. The molecule has 1 heterocycles. The maximum absolute atomic E-state index is 2.66. The predicted molar refractivity (Wildman–Crippen MR) is 138 cm³/mol. The van der Waals surface area contributed by atoms with Gasteiger partial charge in [0, 0.05) is 26.2 Å². The Balaban J connectivity index is 1.52. The zero-order chi connectivity index (χ0) is 22.0. The summed E-state index contributed by atoms with van der Waals surface area (Å²) in [6.45, 7) is 4.02. The van der Waals surface area contributed by atoms with Crippen LogP contribution in [-0.4, -0.2) is 22.9 Å². The van der Waals surface area contributed by atoms with Crippen LogP contribution in [-0.2, 0) is 13.1 Å². The van der Waals surface area contributed by atoms with E-state index in [0.29, 0.717) is 0 Å². The lowest BCUT2D eigenvalue weighted by Crippen LogP contribution is -2.31. The van der Waals surface area contributed by atoms with Crippen LogP contribution >= 0.6 is 0 Å². The maximum atomic E-state index is 2.66. The Hall–Kier alpha value is -3.46. The van der Waals surface area contributed by atoms with Gasteiger partial charge >= 0.3 is 0 Å². The number of hydrogen-bond donors (Lipinski definition) is 0. The van der Waals surface area contributed by atoms with E-state index in [9.17, 15) is 0 Å². The second-order valence-electron chi connectivity index (χ2n) is 9.02. The molecule has 2 nitrogen and oxygen atoms in total. The molecule has 0 amide bonds. The molecule has 5 aromatic carbocycles. The van der Waals surface area contributed by atoms with E-state index in [2.05, 4.69) is 125 Å². The van der Waals surface area contributed by atoms with E-state index >= 15 is 0 Å². The van der Waals surface area contributed by atoms with Gasteiger partial charge in [-0.2, -0.15) is 0 Å². The molecule has 0 bridgehead atoms. The second-order valence-corrected chi connectivity index (χ2v) is 9.02. The van der Waals surface area contributed by atoms with Gasteiger partial charge in [0.2, 0.25) is 0 Å². The van der Waals surface area contributed by atoms with Gasteiger partial charge in [0.1, 0.15) is 0 Å². The Kier molecular flexibility index (Phi) is 5.39. The molecule has 0 radical (unpaired) electrons. The van der Waals surface area contributed by atoms with Crippen LogP contribution in [0.5, 0.6) is 0 Å². The largest absolute Gasteiger partial charge is 0.278 e. The molecule has 2 heteroatoms. The van der Waals surface area contributed by atoms with Crippen molar-refractivity contribution in [3.63, 3.8) is 0 Å². The molecule has 0 N–H and O–H groups in total. The van der Waals surface area contributed by atoms with Crippen LogP contribution in [0, 0.1) is 0 Å². The Bertz CT molecular complexity index is 1270. The van der Waals surface area contributed by atoms with Gasteiger partial charge in [-0.05, 0) is 44.3 Å². The van der Waals surface area contributed by atoms with Crippen molar-refractivity contribution in [2.45, 2.75) is 19.3 Å². The van der Waals surface area contributed by atoms with Gasteiger partial charge < -0.3 is 0 Å². The van der Waals surface area contributed by atoms with Crippen molar-refractivity contribution < 1.29 is 0 Å². The van der Waals surface area contributed by atoms with Crippen molar-refractivity contribution >= 4 is 21.5 Å². The van der Waals surface area contributed by atoms with E-state index in [-0.39, 0.29) is 6.17 Å². The Morgan fingerprint density at radius 2 is 0.939 bits per heavy atom. The van der Waals surface area contributed by atoms with Gasteiger partial charge in [0.15, 0.2) is 0 Å². The third kappa shape index (κ3) is 3.93. The number of nitrogens with zero attached hydrogens (tertiary/aromatic N) is 2. The van der Waals surface area contributed by atoms with E-state index in [1.807, 2.05) is 0 Å². The molecule has 0 spiro atoms. The molecule has 162 valence electrons. The average molecular weight is 429 g/mol. The number of fused-ring (bicyclic) bond motifs is 2. The van der Waals surface area contributed by atoms with E-state index in [0.717, 1.165) is 26.2 Å². The van der Waals surface area contributed by atoms with Crippen LogP contribution in [0.4, 0.5) is 0 Å². The van der Waals surface area contributed by atoms with E-state index in [1.54, 1.807) is 0 Å². The quantitative estimate of drug-likeness (QED) is 0.278. The minimum Gasteiger partial charge on any atom is -0.278 e. The van der Waals surface area contributed by atoms with Gasteiger partial charge in [-0.15, -0.1) is 0 Å². The van der Waals surface area contributed by atoms with E-state index < -0.39 is 0 Å². The molecule has 1 saturated heterocycles. The molecule has 0 aromatic heterocycles. The molecular weight excluding hydrogens is 400 g/mol. The molecule has 1 fully saturated rings. The van der Waals surface area contributed by atoms with Crippen molar-refractivity contribution in [1.29, 1.82) is 0 Å². The SMILES string of the molecule is c1ccc(CN2CCN(Cc3ccccc3)C2c2c3ccccc3cc3ccccc23)cc1. The van der Waals surface area contributed by atoms with Gasteiger partial charge in [-0.25, -0.2) is 0 Å². The fourth-order valence-electron chi connectivity index (χ4n) is 5.39. The molecule has 1 aliphatic heterocycles.